The number of rotatable bonds is 5. The van der Waals surface area contributed by atoms with Crippen LogP contribution in [0.4, 0.5) is 0 Å². The predicted octanol–water partition coefficient (Wildman–Crippen LogP) is -5.27. The zero-order valence-electron chi connectivity index (χ0n) is 7.75. The Hall–Kier alpha value is -0.670. The third-order valence-electron chi connectivity index (χ3n) is 1.48. The van der Waals surface area contributed by atoms with Crippen LogP contribution in [0.5, 0.6) is 0 Å². The topological polar surface area (TPSA) is 152 Å². The van der Waals surface area contributed by atoms with Crippen molar-refractivity contribution < 1.29 is 69.5 Å². The van der Waals surface area contributed by atoms with Crippen LogP contribution in [0.25, 0.3) is 0 Å². The number of carboxylic acid groups (broad SMARTS) is 3. The van der Waals surface area contributed by atoms with Crippen LogP contribution in [0.1, 0.15) is 6.42 Å². The molecule has 5 N–H and O–H groups in total. The molecular formula is C6H8NaO8+. The van der Waals surface area contributed by atoms with Gasteiger partial charge in [0.25, 0.3) is 0 Å². The molecule has 15 heavy (non-hydrogen) atoms. The summed E-state index contributed by atoms with van der Waals surface area (Å²) in [5, 5.41) is 42.6. The number of aliphatic hydroxyl groups excluding tert-OH is 1. The van der Waals surface area contributed by atoms with Crippen molar-refractivity contribution in [2.24, 2.45) is 0 Å². The third-order valence-corrected chi connectivity index (χ3v) is 1.48. The average Bonchev–Trinajstić information content (AvgIpc) is 2.00. The molecule has 0 saturated carbocycles. The summed E-state index contributed by atoms with van der Waals surface area (Å²) in [5.74, 6) is -5.87. The summed E-state index contributed by atoms with van der Waals surface area (Å²) in [4.78, 5) is 30.7. The first-order chi connectivity index (χ1) is 6.21. The van der Waals surface area contributed by atoms with E-state index in [4.69, 9.17) is 25.5 Å². The van der Waals surface area contributed by atoms with E-state index in [-0.39, 0.29) is 29.6 Å². The van der Waals surface area contributed by atoms with E-state index in [1.165, 1.54) is 0 Å². The molecule has 0 heterocycles. The van der Waals surface area contributed by atoms with E-state index in [1.54, 1.807) is 0 Å². The summed E-state index contributed by atoms with van der Waals surface area (Å²) in [6.45, 7) is 0. The summed E-state index contributed by atoms with van der Waals surface area (Å²) >= 11 is 0. The van der Waals surface area contributed by atoms with Gasteiger partial charge in [-0.2, -0.15) is 0 Å². The molecule has 8 nitrogen and oxygen atoms in total. The van der Waals surface area contributed by atoms with E-state index in [0.717, 1.165) is 0 Å². The van der Waals surface area contributed by atoms with Crippen molar-refractivity contribution in [3.05, 3.63) is 0 Å². The quantitative estimate of drug-likeness (QED) is 0.294. The monoisotopic (exact) mass is 231 g/mol. The van der Waals surface area contributed by atoms with E-state index in [9.17, 15) is 14.4 Å². The van der Waals surface area contributed by atoms with Crippen molar-refractivity contribution in [2.45, 2.75) is 18.1 Å². The minimum atomic E-state index is -3.22. The molecule has 0 bridgehead atoms. The molecule has 0 fully saturated rings. The minimum absolute atomic E-state index is 0. The number of carbonyl (C=O) groups is 3. The van der Waals surface area contributed by atoms with Gasteiger partial charge in [0, 0.05) is 0 Å². The third kappa shape index (κ3) is 4.14. The number of aliphatic hydroxyl groups is 2. The van der Waals surface area contributed by atoms with Gasteiger partial charge in [-0.05, 0) is 0 Å². The fraction of sp³-hybridized carbons (Fsp3) is 0.500. The molecule has 0 aliphatic heterocycles. The van der Waals surface area contributed by atoms with Crippen LogP contribution in [0, 0.1) is 0 Å². The smallest absolute Gasteiger partial charge is 0.481 e. The summed E-state index contributed by atoms with van der Waals surface area (Å²) < 4.78 is 0. The molecule has 2 unspecified atom stereocenters. The van der Waals surface area contributed by atoms with Crippen molar-refractivity contribution in [2.75, 3.05) is 0 Å². The van der Waals surface area contributed by atoms with Crippen molar-refractivity contribution in [1.82, 2.24) is 0 Å². The molecule has 0 saturated heterocycles. The Kier molecular flexibility index (Phi) is 6.73. The second kappa shape index (κ2) is 6.03. The molecule has 0 aliphatic rings. The van der Waals surface area contributed by atoms with E-state index in [0.29, 0.717) is 0 Å². The average molecular weight is 231 g/mol. The van der Waals surface area contributed by atoms with Crippen LogP contribution in [0.15, 0.2) is 0 Å². The van der Waals surface area contributed by atoms with Gasteiger partial charge < -0.3 is 25.5 Å². The van der Waals surface area contributed by atoms with E-state index in [1.807, 2.05) is 0 Å². The predicted molar refractivity (Wildman–Crippen MR) is 38.5 cm³/mol. The fourth-order valence-electron chi connectivity index (χ4n) is 0.724. The number of hydrogen-bond acceptors (Lipinski definition) is 5. The summed E-state index contributed by atoms with van der Waals surface area (Å²) in [5.41, 5.74) is -3.22. The molecule has 0 aromatic rings. The first-order valence-electron chi connectivity index (χ1n) is 3.30. The standard InChI is InChI=1S/C6H8O8.Na/c7-2(8)1-6(14,5(12)13)3(9)4(10)11;/h3,9,14H,1H2,(H,7,8)(H,10,11)(H,12,13);/q;+1. The SMILES string of the molecule is O=C(O)CC(O)(C(=O)O)C(O)C(=O)O.[Na+]. The Labute approximate surface area is 105 Å². The van der Waals surface area contributed by atoms with Gasteiger partial charge in [0.1, 0.15) is 0 Å². The molecule has 2 atom stereocenters. The normalized spacial score (nSPS) is 15.6. The summed E-state index contributed by atoms with van der Waals surface area (Å²) in [6, 6.07) is 0. The molecule has 9 heteroatoms. The van der Waals surface area contributed by atoms with Gasteiger partial charge in [-0.15, -0.1) is 0 Å². The Morgan fingerprint density at radius 2 is 1.53 bits per heavy atom. The Balaban J connectivity index is 0. The van der Waals surface area contributed by atoms with Crippen LogP contribution in [0.2, 0.25) is 0 Å². The van der Waals surface area contributed by atoms with Gasteiger partial charge in [-0.1, -0.05) is 0 Å². The van der Waals surface area contributed by atoms with E-state index in [2.05, 4.69) is 0 Å². The minimum Gasteiger partial charge on any atom is -0.481 e. The number of aliphatic carboxylic acids is 3. The summed E-state index contributed by atoms with van der Waals surface area (Å²) in [6.07, 6.45) is -4.11. The molecule has 0 amide bonds. The van der Waals surface area contributed by atoms with Crippen molar-refractivity contribution in [1.29, 1.82) is 0 Å². The van der Waals surface area contributed by atoms with Crippen LogP contribution in [0.3, 0.4) is 0 Å². The molecule has 0 spiro atoms. The van der Waals surface area contributed by atoms with Crippen molar-refractivity contribution in [3.63, 3.8) is 0 Å². The van der Waals surface area contributed by atoms with Gasteiger partial charge in [-0.3, -0.25) is 4.79 Å². The zero-order valence-corrected chi connectivity index (χ0v) is 9.75. The first kappa shape index (κ1) is 16.7. The van der Waals surface area contributed by atoms with Crippen LogP contribution in [-0.4, -0.2) is 55.1 Å². The maximum atomic E-state index is 10.4. The second-order valence-electron chi connectivity index (χ2n) is 2.54. The molecule has 80 valence electrons. The fourth-order valence-corrected chi connectivity index (χ4v) is 0.724. The van der Waals surface area contributed by atoms with Crippen LogP contribution < -0.4 is 29.6 Å². The van der Waals surface area contributed by atoms with E-state index < -0.39 is 36.0 Å². The number of hydrogen-bond donors (Lipinski definition) is 5. The van der Waals surface area contributed by atoms with Crippen molar-refractivity contribution >= 4 is 17.9 Å². The van der Waals surface area contributed by atoms with E-state index >= 15 is 0 Å². The molecule has 0 aromatic carbocycles. The second-order valence-corrected chi connectivity index (χ2v) is 2.54. The largest absolute Gasteiger partial charge is 1.00 e. The molecular weight excluding hydrogens is 223 g/mol. The van der Waals surface area contributed by atoms with Crippen LogP contribution in [-0.2, 0) is 14.4 Å². The zero-order chi connectivity index (χ0) is 11.5. The molecule has 0 radical (unpaired) electrons. The van der Waals surface area contributed by atoms with Gasteiger partial charge in [-0.25, -0.2) is 9.59 Å². The Morgan fingerprint density at radius 3 is 1.73 bits per heavy atom. The van der Waals surface area contributed by atoms with Gasteiger partial charge in [0.05, 0.1) is 6.42 Å². The molecule has 0 rings (SSSR count). The van der Waals surface area contributed by atoms with Crippen molar-refractivity contribution in [3.8, 4) is 0 Å². The Bertz CT molecular complexity index is 276. The van der Waals surface area contributed by atoms with Gasteiger partial charge >= 0.3 is 47.5 Å². The number of carboxylic acids is 3. The molecule has 0 aromatic heterocycles. The van der Waals surface area contributed by atoms with Crippen LogP contribution >= 0.6 is 0 Å². The molecule has 0 aliphatic carbocycles. The van der Waals surface area contributed by atoms with Gasteiger partial charge in [0.2, 0.25) is 5.60 Å². The summed E-state index contributed by atoms with van der Waals surface area (Å²) in [7, 11) is 0. The first-order valence-corrected chi connectivity index (χ1v) is 3.30. The van der Waals surface area contributed by atoms with Gasteiger partial charge in [0.15, 0.2) is 6.10 Å². The maximum Gasteiger partial charge on any atom is 1.00 e. The maximum absolute atomic E-state index is 10.4. The Morgan fingerprint density at radius 1 is 1.13 bits per heavy atom.